The molecule has 33 heavy (non-hydrogen) atoms. The molecule has 0 unspecified atom stereocenters. The quantitative estimate of drug-likeness (QED) is 0.405. The molecule has 2 aromatic carbocycles. The van der Waals surface area contributed by atoms with E-state index in [1.807, 2.05) is 13.8 Å². The molecule has 0 aliphatic carbocycles. The number of benzene rings is 2. The minimum absolute atomic E-state index is 0.232. The Morgan fingerprint density at radius 2 is 1.79 bits per heavy atom. The summed E-state index contributed by atoms with van der Waals surface area (Å²) in [5.41, 5.74) is 0.953. The lowest BCUT2D eigenvalue weighted by atomic mass is 10.0. The summed E-state index contributed by atoms with van der Waals surface area (Å²) in [5, 5.41) is 0.607. The Bertz CT molecular complexity index is 1360. The lowest BCUT2D eigenvalue weighted by molar-refractivity contribution is -0.144. The number of aryl methyl sites for hydroxylation is 2. The molecule has 0 spiro atoms. The highest BCUT2D eigenvalue weighted by atomic mass is 32.2. The van der Waals surface area contributed by atoms with Crippen LogP contribution in [-0.4, -0.2) is 20.9 Å². The Morgan fingerprint density at radius 3 is 2.48 bits per heavy atom. The van der Waals surface area contributed by atoms with Gasteiger partial charge >= 0.3 is 17.8 Å². The van der Waals surface area contributed by atoms with Gasteiger partial charge in [0.15, 0.2) is 0 Å². The van der Waals surface area contributed by atoms with Crippen LogP contribution in [0, 0.1) is 13.8 Å². The average molecular weight is 483 g/mol. The lowest BCUT2D eigenvalue weighted by Gasteiger charge is -2.11. The molecular weight excluding hydrogens is 463 g/mol. The number of halogens is 3. The second-order valence-corrected chi connectivity index (χ2v) is 9.12. The monoisotopic (exact) mass is 483 g/mol. The van der Waals surface area contributed by atoms with Crippen molar-refractivity contribution in [1.82, 2.24) is 4.72 Å². The van der Waals surface area contributed by atoms with Crippen LogP contribution in [0.1, 0.15) is 28.7 Å². The number of hydrogen-bond acceptors (Lipinski definition) is 6. The van der Waals surface area contributed by atoms with Gasteiger partial charge in [-0.3, -0.25) is 4.79 Å². The summed E-state index contributed by atoms with van der Waals surface area (Å²) < 4.78 is 75.3. The maximum atomic E-state index is 12.8. The van der Waals surface area contributed by atoms with Gasteiger partial charge in [-0.1, -0.05) is 6.07 Å². The molecular formula is C22H20F3NO6S. The number of nitrogens with one attached hydrogen (secondary N) is 1. The predicted octanol–water partition coefficient (Wildman–Crippen LogP) is 3.84. The molecule has 3 rings (SSSR count). The first-order chi connectivity index (χ1) is 15.4. The number of hydrogen-bond donors (Lipinski definition) is 1. The topological polar surface area (TPSA) is 103 Å². The van der Waals surface area contributed by atoms with Crippen molar-refractivity contribution < 1.29 is 35.5 Å². The van der Waals surface area contributed by atoms with Crippen molar-refractivity contribution in [3.05, 3.63) is 75.1 Å². The maximum absolute atomic E-state index is 12.8. The molecule has 1 aromatic heterocycles. The van der Waals surface area contributed by atoms with Crippen molar-refractivity contribution in [2.24, 2.45) is 0 Å². The molecule has 0 radical (unpaired) electrons. The van der Waals surface area contributed by atoms with Crippen LogP contribution in [0.15, 0.2) is 56.6 Å². The summed E-state index contributed by atoms with van der Waals surface area (Å²) in [6.45, 7) is 3.13. The summed E-state index contributed by atoms with van der Waals surface area (Å²) in [6, 6.07) is 7.99. The number of carbonyl (C=O) groups is 1. The second kappa shape index (κ2) is 9.36. The van der Waals surface area contributed by atoms with Gasteiger partial charge < -0.3 is 9.15 Å². The van der Waals surface area contributed by atoms with E-state index in [0.717, 1.165) is 29.3 Å². The molecule has 0 saturated carbocycles. The number of carbonyl (C=O) groups excluding carboxylic acids is 1. The van der Waals surface area contributed by atoms with E-state index in [2.05, 4.69) is 4.72 Å². The van der Waals surface area contributed by atoms with Gasteiger partial charge in [0.1, 0.15) is 12.2 Å². The Hall–Kier alpha value is -3.18. The van der Waals surface area contributed by atoms with Crippen LogP contribution in [0.2, 0.25) is 0 Å². The van der Waals surface area contributed by atoms with Gasteiger partial charge in [-0.2, -0.15) is 13.2 Å². The first-order valence-electron chi connectivity index (χ1n) is 9.73. The zero-order valence-corrected chi connectivity index (χ0v) is 18.5. The first-order valence-corrected chi connectivity index (χ1v) is 11.2. The second-order valence-electron chi connectivity index (χ2n) is 7.36. The van der Waals surface area contributed by atoms with E-state index >= 15 is 0 Å². The Labute approximate surface area is 187 Å². The molecule has 1 heterocycles. The van der Waals surface area contributed by atoms with E-state index in [4.69, 9.17) is 9.15 Å². The van der Waals surface area contributed by atoms with Crippen molar-refractivity contribution in [3.8, 4) is 0 Å². The third-order valence-corrected chi connectivity index (χ3v) is 6.38. The van der Waals surface area contributed by atoms with E-state index in [-0.39, 0.29) is 19.6 Å². The Kier molecular flexibility index (Phi) is 6.94. The summed E-state index contributed by atoms with van der Waals surface area (Å²) in [5.74, 6) is -0.757. The van der Waals surface area contributed by atoms with Crippen LogP contribution in [0.5, 0.6) is 0 Å². The predicted molar refractivity (Wildman–Crippen MR) is 113 cm³/mol. The number of fused-ring (bicyclic) bond motifs is 1. The van der Waals surface area contributed by atoms with Gasteiger partial charge in [0.2, 0.25) is 10.0 Å². The van der Waals surface area contributed by atoms with E-state index in [1.165, 1.54) is 6.07 Å². The highest BCUT2D eigenvalue weighted by Gasteiger charge is 2.31. The number of alkyl halides is 3. The highest BCUT2D eigenvalue weighted by molar-refractivity contribution is 7.89. The van der Waals surface area contributed by atoms with E-state index in [0.29, 0.717) is 22.6 Å². The van der Waals surface area contributed by atoms with Gasteiger partial charge in [-0.05, 0) is 55.3 Å². The number of ether oxygens (including phenoxy) is 1. The van der Waals surface area contributed by atoms with Gasteiger partial charge in [0.25, 0.3) is 0 Å². The molecule has 0 bridgehead atoms. The molecule has 0 aliphatic rings. The summed E-state index contributed by atoms with van der Waals surface area (Å²) in [7, 11) is -4.26. The molecule has 7 nitrogen and oxygen atoms in total. The van der Waals surface area contributed by atoms with Gasteiger partial charge in [-0.15, -0.1) is 0 Å². The van der Waals surface area contributed by atoms with Crippen molar-refractivity contribution in [1.29, 1.82) is 0 Å². The van der Waals surface area contributed by atoms with Crippen molar-refractivity contribution in [2.75, 3.05) is 6.54 Å². The fourth-order valence-corrected chi connectivity index (χ4v) is 4.12. The van der Waals surface area contributed by atoms with E-state index in [1.54, 1.807) is 12.1 Å². The highest BCUT2D eigenvalue weighted by Crippen LogP contribution is 2.30. The number of esters is 1. The summed E-state index contributed by atoms with van der Waals surface area (Å²) in [6.07, 6.45) is -5.05. The summed E-state index contributed by atoms with van der Waals surface area (Å²) >= 11 is 0. The van der Waals surface area contributed by atoms with Crippen LogP contribution >= 0.6 is 0 Å². The first kappa shape index (κ1) is 24.5. The fourth-order valence-electron chi connectivity index (χ4n) is 3.04. The molecule has 0 aliphatic heterocycles. The maximum Gasteiger partial charge on any atom is 0.416 e. The van der Waals surface area contributed by atoms with Crippen molar-refractivity contribution in [3.63, 3.8) is 0 Å². The van der Waals surface area contributed by atoms with Gasteiger partial charge in [-0.25, -0.2) is 17.9 Å². The van der Waals surface area contributed by atoms with Crippen LogP contribution in [0.4, 0.5) is 13.2 Å². The van der Waals surface area contributed by atoms with Gasteiger partial charge in [0, 0.05) is 23.6 Å². The lowest BCUT2D eigenvalue weighted by Crippen LogP contribution is -2.27. The smallest absolute Gasteiger partial charge is 0.416 e. The van der Waals surface area contributed by atoms with Crippen molar-refractivity contribution >= 4 is 27.0 Å². The number of rotatable bonds is 7. The van der Waals surface area contributed by atoms with Crippen LogP contribution in [0.3, 0.4) is 0 Å². The van der Waals surface area contributed by atoms with E-state index in [9.17, 15) is 31.2 Å². The zero-order valence-electron chi connectivity index (χ0n) is 17.7. The molecule has 0 amide bonds. The molecule has 11 heteroatoms. The van der Waals surface area contributed by atoms with Crippen LogP contribution in [-0.2, 0) is 32.3 Å². The molecule has 176 valence electrons. The minimum Gasteiger partial charge on any atom is -0.461 e. The normalized spacial score (nSPS) is 12.2. The largest absolute Gasteiger partial charge is 0.461 e. The molecule has 3 aromatic rings. The fraction of sp³-hybridized carbons (Fsp3) is 0.273. The van der Waals surface area contributed by atoms with E-state index < -0.39 is 38.3 Å². The van der Waals surface area contributed by atoms with Crippen LogP contribution in [0.25, 0.3) is 11.0 Å². The standard InChI is InChI=1S/C22H20F3NO6S/c1-13-8-18-15(10-21(28)32-19(18)9-14(13)2)12-31-20(27)6-7-26-33(29,30)17-5-3-4-16(11-17)22(23,24)25/h3-5,8-11,26H,6-7,12H2,1-2H3. The Balaban J connectivity index is 1.62. The number of sulfonamides is 1. The Morgan fingerprint density at radius 1 is 1.09 bits per heavy atom. The molecule has 0 fully saturated rings. The average Bonchev–Trinajstić information content (AvgIpc) is 2.72. The van der Waals surface area contributed by atoms with Crippen LogP contribution < -0.4 is 10.3 Å². The van der Waals surface area contributed by atoms with Crippen molar-refractivity contribution in [2.45, 2.75) is 37.9 Å². The molecule has 0 saturated heterocycles. The SMILES string of the molecule is Cc1cc2oc(=O)cc(COC(=O)CCNS(=O)(=O)c3cccc(C(F)(F)F)c3)c2cc1C. The third-order valence-electron chi connectivity index (χ3n) is 4.93. The summed E-state index contributed by atoms with van der Waals surface area (Å²) in [4.78, 5) is 23.3. The molecule has 0 atom stereocenters. The van der Waals surface area contributed by atoms with Gasteiger partial charge in [0.05, 0.1) is 16.9 Å². The molecule has 1 N–H and O–H groups in total. The third kappa shape index (κ3) is 5.99. The minimum atomic E-state index is -4.69. The zero-order chi connectivity index (χ0) is 24.4.